The number of halogens is 1. The number of thiazole rings is 1. The largest absolute Gasteiger partial charge is 0.383 e. The van der Waals surface area contributed by atoms with E-state index in [0.717, 1.165) is 15.7 Å². The maximum Gasteiger partial charge on any atom is 0.258 e. The van der Waals surface area contributed by atoms with Crippen LogP contribution in [0.4, 0.5) is 5.13 Å². The van der Waals surface area contributed by atoms with Gasteiger partial charge in [-0.3, -0.25) is 14.9 Å². The number of hydrogen-bond acceptors (Lipinski definition) is 5. The zero-order valence-electron chi connectivity index (χ0n) is 13.9. The van der Waals surface area contributed by atoms with E-state index in [0.29, 0.717) is 23.8 Å². The Morgan fingerprint density at radius 2 is 2.19 bits per heavy atom. The minimum atomic E-state index is -0.314. The number of aromatic nitrogens is 2. The fraction of sp³-hybridized carbons (Fsp3) is 0.167. The Morgan fingerprint density at radius 3 is 2.96 bits per heavy atom. The summed E-state index contributed by atoms with van der Waals surface area (Å²) in [6.45, 7) is 0.786. The third-order valence-corrected chi connectivity index (χ3v) is 4.88. The Kier molecular flexibility index (Phi) is 5.97. The lowest BCUT2D eigenvalue weighted by atomic mass is 10.2. The van der Waals surface area contributed by atoms with Crippen LogP contribution in [0.2, 0.25) is 0 Å². The summed E-state index contributed by atoms with van der Waals surface area (Å²) in [4.78, 5) is 28.7. The van der Waals surface area contributed by atoms with Crippen molar-refractivity contribution < 1.29 is 9.53 Å². The van der Waals surface area contributed by atoms with Crippen LogP contribution in [0.25, 0.3) is 11.3 Å². The molecule has 1 N–H and O–H groups in total. The van der Waals surface area contributed by atoms with Crippen LogP contribution in [-0.4, -0.2) is 29.2 Å². The van der Waals surface area contributed by atoms with Crippen molar-refractivity contribution in [3.05, 3.63) is 68.4 Å². The highest BCUT2D eigenvalue weighted by Gasteiger charge is 2.11. The molecule has 2 aromatic heterocycles. The van der Waals surface area contributed by atoms with Crippen LogP contribution in [-0.2, 0) is 11.3 Å². The molecule has 1 amide bonds. The quantitative estimate of drug-likeness (QED) is 0.643. The molecule has 0 radical (unpaired) electrons. The Morgan fingerprint density at radius 1 is 1.35 bits per heavy atom. The van der Waals surface area contributed by atoms with E-state index >= 15 is 0 Å². The number of methoxy groups -OCH3 is 1. The Hall–Kier alpha value is -2.29. The summed E-state index contributed by atoms with van der Waals surface area (Å²) in [5.74, 6) is -0.314. The first-order valence-electron chi connectivity index (χ1n) is 7.79. The number of carbonyl (C=O) groups excluding carboxylic acids is 1. The van der Waals surface area contributed by atoms with Gasteiger partial charge in [-0.2, -0.15) is 0 Å². The lowest BCUT2D eigenvalue weighted by Crippen LogP contribution is -2.23. The Balaban J connectivity index is 1.75. The van der Waals surface area contributed by atoms with Gasteiger partial charge in [-0.15, -0.1) is 11.3 Å². The summed E-state index contributed by atoms with van der Waals surface area (Å²) in [6, 6.07) is 10.7. The Bertz CT molecular complexity index is 984. The van der Waals surface area contributed by atoms with Gasteiger partial charge < -0.3 is 9.30 Å². The second-order valence-corrected chi connectivity index (χ2v) is 7.22. The van der Waals surface area contributed by atoms with Gasteiger partial charge in [0.05, 0.1) is 17.9 Å². The van der Waals surface area contributed by atoms with Crippen molar-refractivity contribution in [2.45, 2.75) is 6.54 Å². The second kappa shape index (κ2) is 8.39. The predicted octanol–water partition coefficient (Wildman–Crippen LogP) is 3.63. The third kappa shape index (κ3) is 4.46. The SMILES string of the molecule is COCCn1cc(C(=O)Nc2nc(-c3cccc(Br)c3)cs2)ccc1=O. The van der Waals surface area contributed by atoms with Crippen molar-refractivity contribution in [2.75, 3.05) is 19.0 Å². The zero-order valence-corrected chi connectivity index (χ0v) is 16.3. The molecule has 6 nitrogen and oxygen atoms in total. The van der Waals surface area contributed by atoms with Gasteiger partial charge in [0.1, 0.15) is 0 Å². The van der Waals surface area contributed by atoms with E-state index in [1.807, 2.05) is 29.6 Å². The molecular weight excluding hydrogens is 418 g/mol. The smallest absolute Gasteiger partial charge is 0.258 e. The summed E-state index contributed by atoms with van der Waals surface area (Å²) in [6.07, 6.45) is 1.53. The Labute approximate surface area is 162 Å². The second-order valence-electron chi connectivity index (χ2n) is 5.44. The first-order valence-corrected chi connectivity index (χ1v) is 9.46. The fourth-order valence-electron chi connectivity index (χ4n) is 2.31. The number of nitrogens with one attached hydrogen (secondary N) is 1. The van der Waals surface area contributed by atoms with Gasteiger partial charge in [0, 0.05) is 41.3 Å². The van der Waals surface area contributed by atoms with E-state index in [1.54, 1.807) is 7.11 Å². The molecule has 0 aliphatic carbocycles. The van der Waals surface area contributed by atoms with Crippen molar-refractivity contribution in [1.29, 1.82) is 0 Å². The molecule has 3 rings (SSSR count). The van der Waals surface area contributed by atoms with E-state index in [-0.39, 0.29) is 11.5 Å². The summed E-state index contributed by atoms with van der Waals surface area (Å²) in [5.41, 5.74) is 1.96. The molecule has 134 valence electrons. The van der Waals surface area contributed by atoms with Gasteiger partial charge in [0.25, 0.3) is 11.5 Å². The highest BCUT2D eigenvalue weighted by Crippen LogP contribution is 2.27. The minimum Gasteiger partial charge on any atom is -0.383 e. The molecule has 0 aliphatic heterocycles. The van der Waals surface area contributed by atoms with Crippen LogP contribution in [0.1, 0.15) is 10.4 Å². The molecule has 0 atom stereocenters. The van der Waals surface area contributed by atoms with Gasteiger partial charge in [-0.25, -0.2) is 4.98 Å². The minimum absolute atomic E-state index is 0.176. The molecule has 0 unspecified atom stereocenters. The lowest BCUT2D eigenvalue weighted by Gasteiger charge is -2.07. The highest BCUT2D eigenvalue weighted by molar-refractivity contribution is 9.10. The normalized spacial score (nSPS) is 10.7. The molecule has 0 fully saturated rings. The first-order chi connectivity index (χ1) is 12.6. The van der Waals surface area contributed by atoms with Crippen LogP contribution in [0.15, 0.2) is 57.2 Å². The number of pyridine rings is 1. The van der Waals surface area contributed by atoms with Gasteiger partial charge in [-0.05, 0) is 18.2 Å². The lowest BCUT2D eigenvalue weighted by molar-refractivity contribution is 0.102. The van der Waals surface area contributed by atoms with Crippen molar-refractivity contribution in [2.24, 2.45) is 0 Å². The van der Waals surface area contributed by atoms with Gasteiger partial charge in [0.2, 0.25) is 0 Å². The van der Waals surface area contributed by atoms with Gasteiger partial charge in [-0.1, -0.05) is 28.1 Å². The molecule has 0 saturated heterocycles. The van der Waals surface area contributed by atoms with Crippen LogP contribution in [0, 0.1) is 0 Å². The van der Waals surface area contributed by atoms with Crippen LogP contribution < -0.4 is 10.9 Å². The van der Waals surface area contributed by atoms with Gasteiger partial charge >= 0.3 is 0 Å². The molecular formula is C18H16BrN3O3S. The molecule has 26 heavy (non-hydrogen) atoms. The summed E-state index contributed by atoms with van der Waals surface area (Å²) in [7, 11) is 1.56. The maximum absolute atomic E-state index is 12.5. The average molecular weight is 434 g/mol. The summed E-state index contributed by atoms with van der Waals surface area (Å²) >= 11 is 4.78. The van der Waals surface area contributed by atoms with E-state index in [4.69, 9.17) is 4.74 Å². The maximum atomic E-state index is 12.5. The molecule has 8 heteroatoms. The first kappa shape index (κ1) is 18.5. The highest BCUT2D eigenvalue weighted by atomic mass is 79.9. The fourth-order valence-corrected chi connectivity index (χ4v) is 3.42. The number of hydrogen-bond donors (Lipinski definition) is 1. The van der Waals surface area contributed by atoms with Crippen LogP contribution in [0.3, 0.4) is 0 Å². The van der Waals surface area contributed by atoms with E-state index in [1.165, 1.54) is 34.2 Å². The summed E-state index contributed by atoms with van der Waals surface area (Å²) in [5, 5.41) is 5.16. The number of amides is 1. The standard InChI is InChI=1S/C18H16BrN3O3S/c1-25-8-7-22-10-13(5-6-16(22)23)17(24)21-18-20-15(11-26-18)12-3-2-4-14(19)9-12/h2-6,9-11H,7-8H2,1H3,(H,20,21,24). The van der Waals surface area contributed by atoms with E-state index < -0.39 is 0 Å². The molecule has 0 bridgehead atoms. The predicted molar refractivity (Wildman–Crippen MR) is 106 cm³/mol. The van der Waals surface area contributed by atoms with Crippen LogP contribution >= 0.6 is 27.3 Å². The number of benzene rings is 1. The number of nitrogens with zero attached hydrogens (tertiary/aromatic N) is 2. The monoisotopic (exact) mass is 433 g/mol. The molecule has 0 spiro atoms. The molecule has 3 aromatic rings. The number of rotatable bonds is 6. The number of carbonyl (C=O) groups is 1. The van der Waals surface area contributed by atoms with Crippen molar-refractivity contribution in [3.63, 3.8) is 0 Å². The number of anilines is 1. The number of ether oxygens (including phenoxy) is 1. The third-order valence-electron chi connectivity index (χ3n) is 3.63. The summed E-state index contributed by atoms with van der Waals surface area (Å²) < 4.78 is 7.39. The van der Waals surface area contributed by atoms with Crippen LogP contribution in [0.5, 0.6) is 0 Å². The molecule has 0 saturated carbocycles. The van der Waals surface area contributed by atoms with Crippen molar-refractivity contribution >= 4 is 38.3 Å². The van der Waals surface area contributed by atoms with Crippen molar-refractivity contribution in [1.82, 2.24) is 9.55 Å². The van der Waals surface area contributed by atoms with E-state index in [2.05, 4.69) is 26.2 Å². The molecule has 1 aromatic carbocycles. The average Bonchev–Trinajstić information content (AvgIpc) is 3.09. The van der Waals surface area contributed by atoms with Gasteiger partial charge in [0.15, 0.2) is 5.13 Å². The zero-order chi connectivity index (χ0) is 18.5. The van der Waals surface area contributed by atoms with E-state index in [9.17, 15) is 9.59 Å². The molecule has 0 aliphatic rings. The topological polar surface area (TPSA) is 73.2 Å². The molecule has 2 heterocycles. The van der Waals surface area contributed by atoms with Crippen molar-refractivity contribution in [3.8, 4) is 11.3 Å².